The van der Waals surface area contributed by atoms with Gasteiger partial charge in [0.1, 0.15) is 12.7 Å². The third kappa shape index (κ3) is 3.13. The maximum absolute atomic E-state index is 4.11. The fourth-order valence-electron chi connectivity index (χ4n) is 1.12. The van der Waals surface area contributed by atoms with Crippen LogP contribution in [-0.2, 0) is 0 Å². The van der Waals surface area contributed by atoms with Crippen molar-refractivity contribution in [2.75, 3.05) is 0 Å². The van der Waals surface area contributed by atoms with Crippen LogP contribution in [0.1, 0.15) is 5.56 Å². The zero-order valence-corrected chi connectivity index (χ0v) is 9.95. The van der Waals surface area contributed by atoms with Gasteiger partial charge in [-0.3, -0.25) is 0 Å². The molecular weight excluding hydrogens is 268 g/mol. The van der Waals surface area contributed by atoms with E-state index >= 15 is 0 Å². The van der Waals surface area contributed by atoms with Crippen molar-refractivity contribution in [3.05, 3.63) is 53.0 Å². The lowest BCUT2D eigenvalue weighted by molar-refractivity contribution is 0.879. The summed E-state index contributed by atoms with van der Waals surface area (Å²) in [6, 6.07) is 10.0. The molecule has 2 aromatic rings. The van der Waals surface area contributed by atoms with Crippen molar-refractivity contribution in [1.82, 2.24) is 14.9 Å². The average molecular weight is 277 g/mol. The standard InChI is InChI=1S/C11H9BrN4/c12-11(6-10-4-2-1-3-5-10)7-15-16-8-13-14-9-16/h1-9H/b11-6+,15-7+. The first kappa shape index (κ1) is 10.8. The van der Waals surface area contributed by atoms with E-state index in [2.05, 4.69) is 31.2 Å². The Morgan fingerprint density at radius 1 is 1.19 bits per heavy atom. The van der Waals surface area contributed by atoms with Crippen molar-refractivity contribution in [3.8, 4) is 0 Å². The predicted molar refractivity (Wildman–Crippen MR) is 67.3 cm³/mol. The van der Waals surface area contributed by atoms with Crippen LogP contribution in [0.5, 0.6) is 0 Å². The summed E-state index contributed by atoms with van der Waals surface area (Å²) in [4.78, 5) is 0. The third-order valence-electron chi connectivity index (χ3n) is 1.83. The highest BCUT2D eigenvalue weighted by molar-refractivity contribution is 9.12. The number of hydrogen-bond donors (Lipinski definition) is 0. The fraction of sp³-hybridized carbons (Fsp3) is 0. The van der Waals surface area contributed by atoms with Gasteiger partial charge in [0.25, 0.3) is 0 Å². The second-order valence-electron chi connectivity index (χ2n) is 3.03. The largest absolute Gasteiger partial charge is 0.208 e. The van der Waals surface area contributed by atoms with Gasteiger partial charge in [-0.15, -0.1) is 10.2 Å². The minimum Gasteiger partial charge on any atom is -0.208 e. The van der Waals surface area contributed by atoms with Gasteiger partial charge in [0.15, 0.2) is 0 Å². The molecule has 1 heterocycles. The molecule has 0 fully saturated rings. The molecule has 0 radical (unpaired) electrons. The summed E-state index contributed by atoms with van der Waals surface area (Å²) in [5.41, 5.74) is 1.12. The van der Waals surface area contributed by atoms with Crippen molar-refractivity contribution >= 4 is 28.2 Å². The molecule has 0 amide bonds. The first-order chi connectivity index (χ1) is 7.84. The quantitative estimate of drug-likeness (QED) is 0.809. The minimum atomic E-state index is 0.882. The van der Waals surface area contributed by atoms with Crippen LogP contribution in [0, 0.1) is 0 Å². The SMILES string of the molecule is BrC(/C=N/n1cnnc1)=C/c1ccccc1. The summed E-state index contributed by atoms with van der Waals surface area (Å²) in [5, 5.41) is 11.4. The Morgan fingerprint density at radius 2 is 1.88 bits per heavy atom. The Morgan fingerprint density at radius 3 is 2.56 bits per heavy atom. The van der Waals surface area contributed by atoms with Crippen molar-refractivity contribution < 1.29 is 0 Å². The van der Waals surface area contributed by atoms with Gasteiger partial charge in [-0.2, -0.15) is 5.10 Å². The summed E-state index contributed by atoms with van der Waals surface area (Å²) in [7, 11) is 0. The Labute approximate surface area is 101 Å². The van der Waals surface area contributed by atoms with Gasteiger partial charge < -0.3 is 0 Å². The summed E-state index contributed by atoms with van der Waals surface area (Å²) >= 11 is 3.42. The molecule has 5 heteroatoms. The lowest BCUT2D eigenvalue weighted by Gasteiger charge is -1.93. The number of allylic oxidation sites excluding steroid dienone is 1. The van der Waals surface area contributed by atoms with E-state index in [0.717, 1.165) is 10.0 Å². The second-order valence-corrected chi connectivity index (χ2v) is 3.94. The molecule has 0 aliphatic rings. The van der Waals surface area contributed by atoms with Crippen LogP contribution in [0.3, 0.4) is 0 Å². The van der Waals surface area contributed by atoms with Crippen molar-refractivity contribution in [2.24, 2.45) is 5.10 Å². The summed E-state index contributed by atoms with van der Waals surface area (Å²) < 4.78 is 2.41. The zero-order chi connectivity index (χ0) is 11.2. The molecule has 0 aliphatic carbocycles. The van der Waals surface area contributed by atoms with Gasteiger partial charge in [-0.1, -0.05) is 30.3 Å². The number of aromatic nitrogens is 3. The van der Waals surface area contributed by atoms with E-state index in [1.54, 1.807) is 6.21 Å². The number of benzene rings is 1. The molecule has 80 valence electrons. The number of hydrogen-bond acceptors (Lipinski definition) is 3. The van der Waals surface area contributed by atoms with Crippen molar-refractivity contribution in [3.63, 3.8) is 0 Å². The molecule has 0 unspecified atom stereocenters. The van der Waals surface area contributed by atoms with E-state index < -0.39 is 0 Å². The minimum absolute atomic E-state index is 0.882. The number of rotatable bonds is 3. The molecule has 0 N–H and O–H groups in total. The molecule has 2 rings (SSSR count). The van der Waals surface area contributed by atoms with Crippen molar-refractivity contribution in [1.29, 1.82) is 0 Å². The fourth-order valence-corrected chi connectivity index (χ4v) is 1.48. The maximum atomic E-state index is 4.11. The first-order valence-corrected chi connectivity index (χ1v) is 5.45. The van der Waals surface area contributed by atoms with E-state index in [-0.39, 0.29) is 0 Å². The van der Waals surface area contributed by atoms with Crippen LogP contribution in [0.25, 0.3) is 6.08 Å². The van der Waals surface area contributed by atoms with Crippen LogP contribution in [-0.4, -0.2) is 21.1 Å². The van der Waals surface area contributed by atoms with Crippen LogP contribution in [0.15, 0.2) is 52.6 Å². The van der Waals surface area contributed by atoms with E-state index in [4.69, 9.17) is 0 Å². The van der Waals surface area contributed by atoms with Gasteiger partial charge in [-0.25, -0.2) is 4.68 Å². The van der Waals surface area contributed by atoms with Gasteiger partial charge in [-0.05, 0) is 27.6 Å². The average Bonchev–Trinajstić information content (AvgIpc) is 2.81. The Kier molecular flexibility index (Phi) is 3.61. The summed E-state index contributed by atoms with van der Waals surface area (Å²) in [5.74, 6) is 0. The molecule has 16 heavy (non-hydrogen) atoms. The molecule has 0 bridgehead atoms. The molecule has 4 nitrogen and oxygen atoms in total. The molecule has 1 aromatic heterocycles. The number of halogens is 1. The maximum Gasteiger partial charge on any atom is 0.141 e. The van der Waals surface area contributed by atoms with Crippen LogP contribution in [0.2, 0.25) is 0 Å². The Balaban J connectivity index is 2.09. The van der Waals surface area contributed by atoms with Gasteiger partial charge in [0.2, 0.25) is 0 Å². The van der Waals surface area contributed by atoms with Crippen molar-refractivity contribution in [2.45, 2.75) is 0 Å². The molecule has 0 saturated heterocycles. The van der Waals surface area contributed by atoms with E-state index in [1.165, 1.54) is 17.3 Å². The van der Waals surface area contributed by atoms with Gasteiger partial charge in [0, 0.05) is 4.48 Å². The van der Waals surface area contributed by atoms with Crippen LogP contribution >= 0.6 is 15.9 Å². The highest BCUT2D eigenvalue weighted by Gasteiger charge is 1.89. The highest BCUT2D eigenvalue weighted by atomic mass is 79.9. The first-order valence-electron chi connectivity index (χ1n) is 4.66. The second kappa shape index (κ2) is 5.37. The molecular formula is C11H9BrN4. The summed E-state index contributed by atoms with van der Waals surface area (Å²) in [6.07, 6.45) is 6.73. The smallest absolute Gasteiger partial charge is 0.141 e. The van der Waals surface area contributed by atoms with Gasteiger partial charge >= 0.3 is 0 Å². The Hall–Kier alpha value is -1.75. The third-order valence-corrected chi connectivity index (χ3v) is 2.26. The molecule has 0 atom stereocenters. The highest BCUT2D eigenvalue weighted by Crippen LogP contribution is 2.09. The van der Waals surface area contributed by atoms with Crippen LogP contribution < -0.4 is 0 Å². The van der Waals surface area contributed by atoms with E-state index in [1.807, 2.05) is 36.4 Å². The van der Waals surface area contributed by atoms with E-state index in [0.29, 0.717) is 0 Å². The predicted octanol–water partition coefficient (Wildman–Crippen LogP) is 2.55. The lowest BCUT2D eigenvalue weighted by atomic mass is 10.2. The topological polar surface area (TPSA) is 43.1 Å². The molecule has 0 aliphatic heterocycles. The molecule has 0 saturated carbocycles. The molecule has 0 spiro atoms. The van der Waals surface area contributed by atoms with Gasteiger partial charge in [0.05, 0.1) is 6.21 Å². The molecule has 1 aromatic carbocycles. The lowest BCUT2D eigenvalue weighted by Crippen LogP contribution is -1.84. The Bertz CT molecular complexity index is 488. The van der Waals surface area contributed by atoms with E-state index in [9.17, 15) is 0 Å². The number of nitrogens with zero attached hydrogens (tertiary/aromatic N) is 4. The normalized spacial score (nSPS) is 12.2. The van der Waals surface area contributed by atoms with Crippen LogP contribution in [0.4, 0.5) is 0 Å². The zero-order valence-electron chi connectivity index (χ0n) is 8.36. The summed E-state index contributed by atoms with van der Waals surface area (Å²) in [6.45, 7) is 0. The monoisotopic (exact) mass is 276 g/mol.